The Kier molecular flexibility index (Phi) is 23.8. The molecular formula is C74H84BrF7N8O8. The summed E-state index contributed by atoms with van der Waals surface area (Å²) in [4.78, 5) is 78.8. The van der Waals surface area contributed by atoms with E-state index in [0.717, 1.165) is 71.7 Å². The zero-order valence-electron chi connectivity index (χ0n) is 55.4. The molecule has 3 aliphatic heterocycles. The van der Waals surface area contributed by atoms with Crippen molar-refractivity contribution in [2.24, 2.45) is 0 Å². The number of likely N-dealkylation sites (N-methyl/N-ethyl adjacent to an activating group) is 2. The maximum absolute atomic E-state index is 14.6. The lowest BCUT2D eigenvalue weighted by Crippen LogP contribution is -2.50. The number of carbonyl (C=O) groups is 5. The fourth-order valence-electron chi connectivity index (χ4n) is 14.1. The standard InChI is InChI=1S/C74H84BrF7N8O8/c1-84(34-14-35-86(3)68(93)52-22-25-58(26-23-52)83-33-13-5-8-21-66(91)85(2)41-42-87-36-28-59(29-37-87)90(70(95)96)64-20-12-10-18-60(64)51-15-6-4-7-16-51)67(92)48-97-65-45-53-17-9-11-19-61(53)71(65)30-38-88(39-31-71)40-32-72(55-24-27-63(76)62(75)47-55)49-89(50-98-72)69(94)54-43-56(73(77,78)79)46-57(44-54)74(80,81)82/h4,6-7,9-12,15-20,22-27,43-44,46-47,59,65,83H,5,8,13-14,21,28-42,45,48-50H2,1-3H3,(H,95,96)/t65-,72+/m0/s1. The monoisotopic (exact) mass is 1420 g/mol. The molecule has 0 unspecified atom stereocenters. The van der Waals surface area contributed by atoms with Crippen molar-refractivity contribution in [2.75, 3.05) is 117 Å². The summed E-state index contributed by atoms with van der Waals surface area (Å²) in [6.45, 7) is 5.07. The Balaban J connectivity index is 0.621. The number of rotatable bonds is 26. The molecule has 0 radical (unpaired) electrons. The van der Waals surface area contributed by atoms with Gasteiger partial charge in [-0.3, -0.25) is 24.1 Å². The minimum atomic E-state index is -5.16. The van der Waals surface area contributed by atoms with Crippen LogP contribution in [0.2, 0.25) is 0 Å². The molecule has 4 aliphatic rings. The van der Waals surface area contributed by atoms with Crippen molar-refractivity contribution in [3.05, 3.63) is 189 Å². The van der Waals surface area contributed by atoms with Gasteiger partial charge in [0.2, 0.25) is 11.8 Å². The predicted molar refractivity (Wildman–Crippen MR) is 363 cm³/mol. The zero-order chi connectivity index (χ0) is 69.9. The third kappa shape index (κ3) is 17.6. The number of nitrogens with one attached hydrogen (secondary N) is 1. The van der Waals surface area contributed by atoms with Gasteiger partial charge in [-0.15, -0.1) is 0 Å². The highest BCUT2D eigenvalue weighted by Crippen LogP contribution is 2.49. The Hall–Kier alpha value is -7.90. The van der Waals surface area contributed by atoms with E-state index in [-0.39, 0.29) is 60.0 Å². The summed E-state index contributed by atoms with van der Waals surface area (Å²) in [5.41, 5.74) is 0.957. The number of halogens is 8. The molecule has 24 heteroatoms. The molecule has 0 saturated carbocycles. The fraction of sp³-hybridized carbons (Fsp3) is 0.446. The number of nitrogens with zero attached hydrogens (tertiary/aromatic N) is 7. The van der Waals surface area contributed by atoms with E-state index in [1.54, 1.807) is 40.9 Å². The second-order valence-corrected chi connectivity index (χ2v) is 27.1. The van der Waals surface area contributed by atoms with E-state index in [4.69, 9.17) is 9.47 Å². The SMILES string of the molecule is CN(CCN1CCC(N(C(=O)O)c2ccccc2-c2ccccc2)CC1)C(=O)CCCCCNc1ccc(C(=O)N(C)CCCN(C)C(=O)CO[C@H]2Cc3ccccc3C23CCN(CC[C@]2(c4ccc(F)c(Br)c4)CN(C(=O)c4cc(C(F)(F)F)cc(C(F)(F)F)c4)CO2)CC3)cc1. The number of carbonyl (C=O) groups excluding carboxylic acids is 4. The third-order valence-corrected chi connectivity index (χ3v) is 20.5. The van der Waals surface area contributed by atoms with E-state index in [9.17, 15) is 59.8 Å². The normalized spacial score (nSPS) is 18.2. The van der Waals surface area contributed by atoms with Crippen molar-refractivity contribution in [3.8, 4) is 11.1 Å². The van der Waals surface area contributed by atoms with E-state index in [2.05, 4.69) is 43.2 Å². The Morgan fingerprint density at radius 1 is 0.684 bits per heavy atom. The molecule has 1 aliphatic carbocycles. The van der Waals surface area contributed by atoms with Crippen molar-refractivity contribution >= 4 is 57.0 Å². The molecule has 6 aromatic rings. The average Bonchev–Trinajstić information content (AvgIpc) is 1.57. The zero-order valence-corrected chi connectivity index (χ0v) is 56.9. The van der Waals surface area contributed by atoms with Gasteiger partial charge in [0.1, 0.15) is 24.8 Å². The lowest BCUT2D eigenvalue weighted by Gasteiger charge is -2.44. The molecule has 2 atom stereocenters. The largest absolute Gasteiger partial charge is 0.465 e. The third-order valence-electron chi connectivity index (χ3n) is 19.9. The molecule has 3 heterocycles. The van der Waals surface area contributed by atoms with E-state index < -0.39 is 64.6 Å². The molecule has 98 heavy (non-hydrogen) atoms. The maximum atomic E-state index is 14.6. The second-order valence-electron chi connectivity index (χ2n) is 26.2. The van der Waals surface area contributed by atoms with Crippen LogP contribution in [-0.2, 0) is 48.9 Å². The minimum Gasteiger partial charge on any atom is -0.465 e. The van der Waals surface area contributed by atoms with Crippen LogP contribution in [0.15, 0.2) is 144 Å². The van der Waals surface area contributed by atoms with Crippen LogP contribution in [0.25, 0.3) is 11.1 Å². The van der Waals surface area contributed by atoms with Gasteiger partial charge in [0.25, 0.3) is 11.8 Å². The van der Waals surface area contributed by atoms with Gasteiger partial charge in [-0.05, 0) is 170 Å². The first kappa shape index (κ1) is 72.8. The first-order valence-electron chi connectivity index (χ1n) is 33.4. The average molecular weight is 1430 g/mol. The van der Waals surface area contributed by atoms with E-state index in [1.165, 1.54) is 23.1 Å². The predicted octanol–water partition coefficient (Wildman–Crippen LogP) is 13.7. The smallest absolute Gasteiger partial charge is 0.416 e. The molecule has 10 rings (SSSR count). The fourth-order valence-corrected chi connectivity index (χ4v) is 14.5. The number of ether oxygens (including phenoxy) is 2. The summed E-state index contributed by atoms with van der Waals surface area (Å²) in [7, 11) is 5.29. The summed E-state index contributed by atoms with van der Waals surface area (Å²) in [6.07, 6.45) is -4.54. The van der Waals surface area contributed by atoms with E-state index in [1.807, 2.05) is 85.9 Å². The number of hydrogen-bond donors (Lipinski definition) is 2. The Bertz CT molecular complexity index is 3730. The molecule has 3 fully saturated rings. The lowest BCUT2D eigenvalue weighted by molar-refractivity contribution is -0.143. The number of hydrogen-bond acceptors (Lipinski definition) is 10. The summed E-state index contributed by atoms with van der Waals surface area (Å²) < 4.78 is 110. The summed E-state index contributed by atoms with van der Waals surface area (Å²) in [6, 6.07) is 37.8. The van der Waals surface area contributed by atoms with Crippen LogP contribution in [0, 0.1) is 5.82 Å². The van der Waals surface area contributed by atoms with Crippen molar-refractivity contribution < 1.29 is 69.3 Å². The molecular weight excluding hydrogens is 1340 g/mol. The minimum absolute atomic E-state index is 0.0319. The molecule has 0 aromatic heterocycles. The Labute approximate surface area is 575 Å². The van der Waals surface area contributed by atoms with E-state index in [0.29, 0.717) is 120 Å². The number of carboxylic acid groups (broad SMARTS) is 1. The van der Waals surface area contributed by atoms with Crippen LogP contribution in [0.5, 0.6) is 0 Å². The van der Waals surface area contributed by atoms with Crippen molar-refractivity contribution in [3.63, 3.8) is 0 Å². The number of fused-ring (bicyclic) bond motifs is 2. The highest BCUT2D eigenvalue weighted by atomic mass is 79.9. The lowest BCUT2D eigenvalue weighted by atomic mass is 9.72. The molecule has 3 saturated heterocycles. The highest BCUT2D eigenvalue weighted by molar-refractivity contribution is 9.10. The number of anilines is 2. The molecule has 2 N–H and O–H groups in total. The first-order valence-corrected chi connectivity index (χ1v) is 34.2. The van der Waals surface area contributed by atoms with Crippen LogP contribution < -0.4 is 10.2 Å². The molecule has 16 nitrogen and oxygen atoms in total. The summed E-state index contributed by atoms with van der Waals surface area (Å²) in [5.74, 6) is -1.90. The van der Waals surface area contributed by atoms with Gasteiger partial charge >= 0.3 is 18.4 Å². The molecule has 5 amide bonds. The Morgan fingerprint density at radius 3 is 2.01 bits per heavy atom. The molecule has 0 bridgehead atoms. The van der Waals surface area contributed by atoms with Crippen molar-refractivity contribution in [1.82, 2.24) is 29.4 Å². The number of alkyl halides is 6. The van der Waals surface area contributed by atoms with Crippen LogP contribution in [-0.4, -0.2) is 183 Å². The van der Waals surface area contributed by atoms with E-state index >= 15 is 0 Å². The summed E-state index contributed by atoms with van der Waals surface area (Å²) >= 11 is 3.22. The van der Waals surface area contributed by atoms with Crippen LogP contribution >= 0.6 is 15.9 Å². The van der Waals surface area contributed by atoms with Gasteiger partial charge < -0.3 is 49.3 Å². The van der Waals surface area contributed by atoms with Crippen molar-refractivity contribution in [1.29, 1.82) is 0 Å². The number of unbranched alkanes of at least 4 members (excludes halogenated alkanes) is 2. The molecule has 524 valence electrons. The number of amides is 5. The number of piperidine rings is 2. The molecule has 6 aromatic carbocycles. The first-order chi connectivity index (χ1) is 46.8. The van der Waals surface area contributed by atoms with Gasteiger partial charge in [0.15, 0.2) is 0 Å². The van der Waals surface area contributed by atoms with Crippen LogP contribution in [0.4, 0.5) is 46.9 Å². The number of para-hydroxylation sites is 1. The second kappa shape index (κ2) is 32.0. The topological polar surface area (TPSA) is 159 Å². The van der Waals surface area contributed by atoms with Gasteiger partial charge in [-0.1, -0.05) is 85.3 Å². The maximum Gasteiger partial charge on any atom is 0.416 e. The number of likely N-dealkylation sites (tertiary alicyclic amines) is 2. The number of benzene rings is 6. The van der Waals surface area contributed by atoms with Gasteiger partial charge in [0.05, 0.1) is 33.9 Å². The highest BCUT2D eigenvalue weighted by Gasteiger charge is 2.50. The van der Waals surface area contributed by atoms with Crippen LogP contribution in [0.3, 0.4) is 0 Å². The summed E-state index contributed by atoms with van der Waals surface area (Å²) in [5, 5.41) is 13.8. The van der Waals surface area contributed by atoms with Crippen molar-refractivity contribution in [2.45, 2.75) is 106 Å². The molecule has 1 spiro atoms. The quantitative estimate of drug-likeness (QED) is 0.0393. The van der Waals surface area contributed by atoms with Gasteiger partial charge in [-0.25, -0.2) is 9.18 Å². The Morgan fingerprint density at radius 2 is 1.33 bits per heavy atom. The van der Waals surface area contributed by atoms with Gasteiger partial charge in [0, 0.05) is 114 Å². The van der Waals surface area contributed by atoms with Crippen LogP contribution in [0.1, 0.15) is 113 Å². The van der Waals surface area contributed by atoms with Gasteiger partial charge in [-0.2, -0.15) is 26.3 Å².